The molecule has 0 aliphatic carbocycles. The van der Waals surface area contributed by atoms with Crippen molar-refractivity contribution in [1.29, 1.82) is 0 Å². The summed E-state index contributed by atoms with van der Waals surface area (Å²) in [6.45, 7) is 3.41. The highest BCUT2D eigenvalue weighted by Gasteiger charge is 2.24. The molecule has 1 saturated heterocycles. The topological polar surface area (TPSA) is 78.5 Å². The smallest absolute Gasteiger partial charge is 0.224 e. The molecule has 8 heteroatoms. The van der Waals surface area contributed by atoms with Gasteiger partial charge in [0.1, 0.15) is 0 Å². The molecule has 1 atom stereocenters. The summed E-state index contributed by atoms with van der Waals surface area (Å²) in [5.41, 5.74) is 1.91. The lowest BCUT2D eigenvalue weighted by atomic mass is 10.0. The molecule has 0 spiro atoms. The Labute approximate surface area is 189 Å². The van der Waals surface area contributed by atoms with Crippen LogP contribution in [0.5, 0.6) is 23.0 Å². The molecule has 1 aliphatic rings. The molecule has 32 heavy (non-hydrogen) atoms. The molecular formula is C24H32N2O6. The van der Waals surface area contributed by atoms with Gasteiger partial charge in [-0.15, -0.1) is 0 Å². The summed E-state index contributed by atoms with van der Waals surface area (Å²) in [4.78, 5) is 15.1. The monoisotopic (exact) mass is 444 g/mol. The van der Waals surface area contributed by atoms with Gasteiger partial charge in [-0.1, -0.05) is 12.1 Å². The van der Waals surface area contributed by atoms with Crippen molar-refractivity contribution >= 4 is 5.91 Å². The van der Waals surface area contributed by atoms with Crippen LogP contribution in [-0.2, 0) is 16.0 Å². The average molecular weight is 445 g/mol. The third-order valence-corrected chi connectivity index (χ3v) is 5.58. The van der Waals surface area contributed by atoms with Gasteiger partial charge >= 0.3 is 0 Å². The van der Waals surface area contributed by atoms with Gasteiger partial charge in [-0.3, -0.25) is 9.69 Å². The van der Waals surface area contributed by atoms with E-state index in [1.165, 1.54) is 0 Å². The van der Waals surface area contributed by atoms with Gasteiger partial charge in [0.25, 0.3) is 0 Å². The Morgan fingerprint density at radius 2 is 1.50 bits per heavy atom. The number of nitrogens with zero attached hydrogens (tertiary/aromatic N) is 1. The number of morpholine rings is 1. The zero-order chi connectivity index (χ0) is 22.9. The molecule has 1 N–H and O–H groups in total. The van der Waals surface area contributed by atoms with Crippen LogP contribution < -0.4 is 24.3 Å². The first-order chi connectivity index (χ1) is 15.6. The maximum Gasteiger partial charge on any atom is 0.224 e. The zero-order valence-electron chi connectivity index (χ0n) is 19.2. The second-order valence-electron chi connectivity index (χ2n) is 7.45. The van der Waals surface area contributed by atoms with Gasteiger partial charge in [-0.2, -0.15) is 0 Å². The van der Waals surface area contributed by atoms with E-state index in [2.05, 4.69) is 10.2 Å². The number of methoxy groups -OCH3 is 4. The standard InChI is InChI=1S/C24H32N2O6/c1-28-20-7-5-17(13-22(20)30-3)14-24(27)25-16-19(26-9-11-32-12-10-26)18-6-8-21(29-2)23(15-18)31-4/h5-8,13,15,19H,9-12,14,16H2,1-4H3,(H,25,27). The van der Waals surface area contributed by atoms with Crippen LogP contribution in [0.3, 0.4) is 0 Å². The molecule has 0 aromatic heterocycles. The predicted molar refractivity (Wildman–Crippen MR) is 121 cm³/mol. The molecule has 1 heterocycles. The molecule has 0 saturated carbocycles. The lowest BCUT2D eigenvalue weighted by molar-refractivity contribution is -0.120. The molecule has 1 amide bonds. The van der Waals surface area contributed by atoms with E-state index in [9.17, 15) is 4.79 Å². The molecule has 8 nitrogen and oxygen atoms in total. The summed E-state index contributed by atoms with van der Waals surface area (Å²) in [6.07, 6.45) is 0.252. The molecular weight excluding hydrogens is 412 g/mol. The van der Waals surface area contributed by atoms with E-state index in [0.717, 1.165) is 24.2 Å². The first-order valence-electron chi connectivity index (χ1n) is 10.6. The van der Waals surface area contributed by atoms with E-state index in [-0.39, 0.29) is 18.4 Å². The van der Waals surface area contributed by atoms with E-state index in [1.807, 2.05) is 36.4 Å². The summed E-state index contributed by atoms with van der Waals surface area (Å²) in [6, 6.07) is 11.4. The Bertz CT molecular complexity index is 898. The number of carbonyl (C=O) groups excluding carboxylic acids is 1. The fourth-order valence-electron chi connectivity index (χ4n) is 3.86. The molecule has 1 fully saturated rings. The van der Waals surface area contributed by atoms with E-state index in [0.29, 0.717) is 42.8 Å². The summed E-state index contributed by atoms with van der Waals surface area (Å²) in [5.74, 6) is 2.53. The second-order valence-corrected chi connectivity index (χ2v) is 7.45. The number of amides is 1. The fourth-order valence-corrected chi connectivity index (χ4v) is 3.86. The number of rotatable bonds is 10. The van der Waals surface area contributed by atoms with Crippen LogP contribution >= 0.6 is 0 Å². The third kappa shape index (κ3) is 5.83. The Hall–Kier alpha value is -2.97. The quantitative estimate of drug-likeness (QED) is 0.603. The van der Waals surface area contributed by atoms with Gasteiger partial charge in [0.15, 0.2) is 23.0 Å². The lowest BCUT2D eigenvalue weighted by Crippen LogP contribution is -2.44. The Morgan fingerprint density at radius 3 is 2.12 bits per heavy atom. The van der Waals surface area contributed by atoms with Gasteiger partial charge in [0, 0.05) is 19.6 Å². The van der Waals surface area contributed by atoms with E-state index >= 15 is 0 Å². The van der Waals surface area contributed by atoms with E-state index in [1.54, 1.807) is 28.4 Å². The summed E-state index contributed by atoms with van der Waals surface area (Å²) in [5, 5.41) is 3.09. The molecule has 1 unspecified atom stereocenters. The maximum absolute atomic E-state index is 12.7. The minimum atomic E-state index is -0.0593. The first kappa shape index (κ1) is 23.7. The van der Waals surface area contributed by atoms with Crippen LogP contribution in [0.2, 0.25) is 0 Å². The third-order valence-electron chi connectivity index (χ3n) is 5.58. The van der Waals surface area contributed by atoms with Crippen molar-refractivity contribution < 1.29 is 28.5 Å². The lowest BCUT2D eigenvalue weighted by Gasteiger charge is -2.35. The number of ether oxygens (including phenoxy) is 5. The number of carbonyl (C=O) groups is 1. The Balaban J connectivity index is 1.72. The van der Waals surface area contributed by atoms with Crippen molar-refractivity contribution in [1.82, 2.24) is 10.2 Å². The molecule has 1 aliphatic heterocycles. The minimum Gasteiger partial charge on any atom is -0.493 e. The van der Waals surface area contributed by atoms with Crippen LogP contribution in [0, 0.1) is 0 Å². The van der Waals surface area contributed by atoms with Gasteiger partial charge in [-0.05, 0) is 35.4 Å². The van der Waals surface area contributed by atoms with Crippen molar-refractivity contribution in [2.75, 3.05) is 61.3 Å². The van der Waals surface area contributed by atoms with E-state index in [4.69, 9.17) is 23.7 Å². The summed E-state index contributed by atoms with van der Waals surface area (Å²) < 4.78 is 27.0. The highest BCUT2D eigenvalue weighted by atomic mass is 16.5. The molecule has 0 radical (unpaired) electrons. The number of nitrogens with one attached hydrogen (secondary N) is 1. The number of benzene rings is 2. The highest BCUT2D eigenvalue weighted by Crippen LogP contribution is 2.32. The van der Waals surface area contributed by atoms with Crippen LogP contribution in [-0.4, -0.2) is 72.1 Å². The van der Waals surface area contributed by atoms with Crippen molar-refractivity contribution in [2.45, 2.75) is 12.5 Å². The Morgan fingerprint density at radius 1 is 0.906 bits per heavy atom. The van der Waals surface area contributed by atoms with Crippen LogP contribution in [0.1, 0.15) is 17.2 Å². The van der Waals surface area contributed by atoms with Gasteiger partial charge in [-0.25, -0.2) is 0 Å². The van der Waals surface area contributed by atoms with Crippen LogP contribution in [0.4, 0.5) is 0 Å². The maximum atomic E-state index is 12.7. The van der Waals surface area contributed by atoms with Gasteiger partial charge < -0.3 is 29.0 Å². The van der Waals surface area contributed by atoms with Gasteiger partial charge in [0.05, 0.1) is 54.1 Å². The van der Waals surface area contributed by atoms with Crippen LogP contribution in [0.15, 0.2) is 36.4 Å². The SMILES string of the molecule is COc1ccc(CC(=O)NCC(c2ccc(OC)c(OC)c2)N2CCOCC2)cc1OC. The summed E-state index contributed by atoms with van der Waals surface area (Å²) >= 11 is 0. The van der Waals surface area contributed by atoms with Crippen molar-refractivity contribution in [3.63, 3.8) is 0 Å². The average Bonchev–Trinajstić information content (AvgIpc) is 2.84. The molecule has 3 rings (SSSR count). The molecule has 0 bridgehead atoms. The van der Waals surface area contributed by atoms with Crippen molar-refractivity contribution in [3.05, 3.63) is 47.5 Å². The number of hydrogen-bond acceptors (Lipinski definition) is 7. The highest BCUT2D eigenvalue weighted by molar-refractivity contribution is 5.78. The predicted octanol–water partition coefficient (Wildman–Crippen LogP) is 2.45. The van der Waals surface area contributed by atoms with Crippen molar-refractivity contribution in [2.24, 2.45) is 0 Å². The normalized spacial score (nSPS) is 15.0. The summed E-state index contributed by atoms with van der Waals surface area (Å²) in [7, 11) is 6.41. The zero-order valence-corrected chi connectivity index (χ0v) is 19.2. The first-order valence-corrected chi connectivity index (χ1v) is 10.6. The van der Waals surface area contributed by atoms with E-state index < -0.39 is 0 Å². The largest absolute Gasteiger partial charge is 0.493 e. The Kier molecular flexibility index (Phi) is 8.58. The fraction of sp³-hybridized carbons (Fsp3) is 0.458. The second kappa shape index (κ2) is 11.6. The van der Waals surface area contributed by atoms with Crippen LogP contribution in [0.25, 0.3) is 0 Å². The number of hydrogen-bond donors (Lipinski definition) is 1. The van der Waals surface area contributed by atoms with Crippen molar-refractivity contribution in [3.8, 4) is 23.0 Å². The molecule has 174 valence electrons. The molecule has 2 aromatic carbocycles. The minimum absolute atomic E-state index is 0.00643. The van der Waals surface area contributed by atoms with Gasteiger partial charge in [0.2, 0.25) is 5.91 Å². The molecule has 2 aromatic rings.